The molecule has 0 aliphatic carbocycles. The standard InChI is InChI=1S/C9H19FN2O2S.ClH/c10-4-1-7-15(13,14)12-6-3-9-2-5-11-8-9;/h9,11-12H,1-8H2;1H. The minimum absolute atomic E-state index is 0. The lowest BCUT2D eigenvalue weighted by Crippen LogP contribution is -2.29. The van der Waals surface area contributed by atoms with Crippen molar-refractivity contribution in [2.75, 3.05) is 32.1 Å². The van der Waals surface area contributed by atoms with Crippen LogP contribution in [0.3, 0.4) is 0 Å². The van der Waals surface area contributed by atoms with Crippen LogP contribution in [-0.4, -0.2) is 40.5 Å². The SMILES string of the molecule is Cl.O=S(=O)(CCCF)NCCC1CCNC1. The van der Waals surface area contributed by atoms with Gasteiger partial charge in [-0.25, -0.2) is 13.1 Å². The van der Waals surface area contributed by atoms with E-state index in [1.165, 1.54) is 0 Å². The lowest BCUT2D eigenvalue weighted by Gasteiger charge is -2.09. The molecule has 0 spiro atoms. The highest BCUT2D eigenvalue weighted by molar-refractivity contribution is 7.89. The Kier molecular flexibility index (Phi) is 8.27. The first-order chi connectivity index (χ1) is 7.14. The molecule has 16 heavy (non-hydrogen) atoms. The van der Waals surface area contributed by atoms with Crippen molar-refractivity contribution in [2.45, 2.75) is 19.3 Å². The number of alkyl halides is 1. The van der Waals surface area contributed by atoms with Crippen LogP contribution in [0.5, 0.6) is 0 Å². The second-order valence-corrected chi connectivity index (χ2v) is 5.83. The van der Waals surface area contributed by atoms with Crippen LogP contribution >= 0.6 is 12.4 Å². The van der Waals surface area contributed by atoms with Crippen LogP contribution in [0.15, 0.2) is 0 Å². The lowest BCUT2D eigenvalue weighted by atomic mass is 10.1. The molecule has 4 nitrogen and oxygen atoms in total. The van der Waals surface area contributed by atoms with E-state index in [1.54, 1.807) is 0 Å². The van der Waals surface area contributed by atoms with Crippen molar-refractivity contribution < 1.29 is 12.8 Å². The van der Waals surface area contributed by atoms with Crippen molar-refractivity contribution in [3.63, 3.8) is 0 Å². The molecule has 1 rings (SSSR count). The van der Waals surface area contributed by atoms with Crippen molar-refractivity contribution in [2.24, 2.45) is 5.92 Å². The zero-order valence-electron chi connectivity index (χ0n) is 9.25. The molecular weight excluding hydrogens is 255 g/mol. The van der Waals surface area contributed by atoms with Gasteiger partial charge in [0.2, 0.25) is 10.0 Å². The summed E-state index contributed by atoms with van der Waals surface area (Å²) in [6.45, 7) is 1.90. The molecule has 1 fully saturated rings. The molecule has 0 amide bonds. The van der Waals surface area contributed by atoms with Crippen molar-refractivity contribution >= 4 is 22.4 Å². The third kappa shape index (κ3) is 6.62. The summed E-state index contributed by atoms with van der Waals surface area (Å²) in [6, 6.07) is 0. The molecule has 0 aromatic heterocycles. The average Bonchev–Trinajstić information content (AvgIpc) is 2.67. The number of hydrogen-bond donors (Lipinski definition) is 2. The van der Waals surface area contributed by atoms with Gasteiger partial charge in [-0.2, -0.15) is 0 Å². The Bertz CT molecular complexity index is 269. The monoisotopic (exact) mass is 274 g/mol. The van der Waals surface area contributed by atoms with E-state index in [4.69, 9.17) is 0 Å². The van der Waals surface area contributed by atoms with Gasteiger partial charge in [-0.3, -0.25) is 4.39 Å². The van der Waals surface area contributed by atoms with E-state index in [9.17, 15) is 12.8 Å². The molecule has 98 valence electrons. The van der Waals surface area contributed by atoms with Gasteiger partial charge in [0, 0.05) is 6.54 Å². The number of halogens is 2. The van der Waals surface area contributed by atoms with Gasteiger partial charge < -0.3 is 5.32 Å². The highest BCUT2D eigenvalue weighted by Gasteiger charge is 2.15. The topological polar surface area (TPSA) is 58.2 Å². The van der Waals surface area contributed by atoms with E-state index in [0.717, 1.165) is 25.9 Å². The summed E-state index contributed by atoms with van der Waals surface area (Å²) >= 11 is 0. The molecule has 1 saturated heterocycles. The second kappa shape index (κ2) is 8.22. The molecule has 2 N–H and O–H groups in total. The van der Waals surface area contributed by atoms with Gasteiger partial charge in [0.25, 0.3) is 0 Å². The van der Waals surface area contributed by atoms with Crippen molar-refractivity contribution in [1.29, 1.82) is 0 Å². The van der Waals surface area contributed by atoms with Gasteiger partial charge in [0.15, 0.2) is 0 Å². The minimum Gasteiger partial charge on any atom is -0.316 e. The van der Waals surface area contributed by atoms with Crippen LogP contribution in [0.4, 0.5) is 4.39 Å². The average molecular weight is 275 g/mol. The summed E-state index contributed by atoms with van der Waals surface area (Å²) in [6.07, 6.45) is 2.06. The zero-order chi connectivity index (χ0) is 11.1. The second-order valence-electron chi connectivity index (χ2n) is 3.90. The van der Waals surface area contributed by atoms with E-state index < -0.39 is 16.7 Å². The Hall–Kier alpha value is 0.0900. The van der Waals surface area contributed by atoms with Crippen LogP contribution in [0.2, 0.25) is 0 Å². The van der Waals surface area contributed by atoms with Crippen LogP contribution in [-0.2, 0) is 10.0 Å². The Morgan fingerprint density at radius 3 is 2.75 bits per heavy atom. The van der Waals surface area contributed by atoms with Crippen LogP contribution < -0.4 is 10.0 Å². The van der Waals surface area contributed by atoms with Gasteiger partial charge in [-0.15, -0.1) is 12.4 Å². The molecule has 0 aromatic carbocycles. The van der Waals surface area contributed by atoms with Crippen LogP contribution in [0.25, 0.3) is 0 Å². The maximum Gasteiger partial charge on any atom is 0.211 e. The first kappa shape index (κ1) is 16.1. The molecule has 1 unspecified atom stereocenters. The summed E-state index contributed by atoms with van der Waals surface area (Å²) in [7, 11) is -3.25. The number of nitrogens with one attached hydrogen (secondary N) is 2. The molecule has 1 aliphatic heterocycles. The Balaban J connectivity index is 0.00000225. The van der Waals surface area contributed by atoms with Gasteiger partial charge in [0.05, 0.1) is 12.4 Å². The summed E-state index contributed by atoms with van der Waals surface area (Å²) < 4.78 is 36.8. The van der Waals surface area contributed by atoms with Crippen LogP contribution in [0.1, 0.15) is 19.3 Å². The normalized spacial score (nSPS) is 20.7. The molecule has 1 heterocycles. The van der Waals surface area contributed by atoms with E-state index in [0.29, 0.717) is 12.5 Å². The fraction of sp³-hybridized carbons (Fsp3) is 1.00. The first-order valence-electron chi connectivity index (χ1n) is 5.38. The summed E-state index contributed by atoms with van der Waals surface area (Å²) in [5.74, 6) is 0.473. The minimum atomic E-state index is -3.25. The maximum atomic E-state index is 11.8. The summed E-state index contributed by atoms with van der Waals surface area (Å²) in [5.41, 5.74) is 0. The highest BCUT2D eigenvalue weighted by atomic mass is 35.5. The predicted octanol–water partition coefficient (Wildman–Crippen LogP) is 0.687. The van der Waals surface area contributed by atoms with Crippen molar-refractivity contribution in [3.05, 3.63) is 0 Å². The third-order valence-electron chi connectivity index (χ3n) is 2.58. The Morgan fingerprint density at radius 2 is 2.19 bits per heavy atom. The highest BCUT2D eigenvalue weighted by Crippen LogP contribution is 2.10. The molecule has 7 heteroatoms. The van der Waals surface area contributed by atoms with E-state index in [1.807, 2.05) is 0 Å². The fourth-order valence-electron chi connectivity index (χ4n) is 1.70. The quantitative estimate of drug-likeness (QED) is 0.718. The van der Waals surface area contributed by atoms with E-state index >= 15 is 0 Å². The van der Waals surface area contributed by atoms with Crippen molar-refractivity contribution in [3.8, 4) is 0 Å². The number of hydrogen-bond acceptors (Lipinski definition) is 3. The predicted molar refractivity (Wildman–Crippen MR) is 65.2 cm³/mol. The smallest absolute Gasteiger partial charge is 0.211 e. The van der Waals surface area contributed by atoms with Gasteiger partial charge in [-0.05, 0) is 38.3 Å². The summed E-state index contributed by atoms with van der Waals surface area (Å²) in [4.78, 5) is 0. The molecule has 0 radical (unpaired) electrons. The van der Waals surface area contributed by atoms with Gasteiger partial charge in [0.1, 0.15) is 0 Å². The molecule has 0 saturated carbocycles. The maximum absolute atomic E-state index is 11.8. The molecule has 1 aliphatic rings. The first-order valence-corrected chi connectivity index (χ1v) is 7.03. The van der Waals surface area contributed by atoms with Gasteiger partial charge >= 0.3 is 0 Å². The third-order valence-corrected chi connectivity index (χ3v) is 4.05. The van der Waals surface area contributed by atoms with E-state index in [-0.39, 0.29) is 24.6 Å². The van der Waals surface area contributed by atoms with Crippen LogP contribution in [0, 0.1) is 5.92 Å². The molecule has 1 atom stereocenters. The molecule has 0 bridgehead atoms. The Morgan fingerprint density at radius 1 is 1.44 bits per heavy atom. The molecule has 0 aromatic rings. The number of sulfonamides is 1. The lowest BCUT2D eigenvalue weighted by molar-refractivity contribution is 0.481. The Labute approximate surface area is 103 Å². The summed E-state index contributed by atoms with van der Waals surface area (Å²) in [5, 5.41) is 3.23. The largest absolute Gasteiger partial charge is 0.316 e. The zero-order valence-corrected chi connectivity index (χ0v) is 10.9. The number of rotatable bonds is 7. The van der Waals surface area contributed by atoms with Crippen molar-refractivity contribution in [1.82, 2.24) is 10.0 Å². The fourth-order valence-corrected chi connectivity index (χ4v) is 2.76. The van der Waals surface area contributed by atoms with E-state index in [2.05, 4.69) is 10.0 Å². The van der Waals surface area contributed by atoms with Gasteiger partial charge in [-0.1, -0.05) is 0 Å². The molecular formula is C9H20ClFN2O2S.